The molecule has 3 fully saturated rings. The Bertz CT molecular complexity index is 223. The van der Waals surface area contributed by atoms with E-state index in [-0.39, 0.29) is 0 Å². The molecule has 3 rings (SSSR count). The SMILES string of the molecule is CCCC1CC(NC2CC2)CN(CC2CC2)C1. The molecule has 0 spiro atoms. The van der Waals surface area contributed by atoms with Crippen molar-refractivity contribution in [3.63, 3.8) is 0 Å². The van der Waals surface area contributed by atoms with Gasteiger partial charge in [-0.3, -0.25) is 0 Å². The molecule has 0 aromatic carbocycles. The summed E-state index contributed by atoms with van der Waals surface area (Å²) >= 11 is 0. The molecule has 2 atom stereocenters. The molecule has 0 aromatic heterocycles. The molecule has 2 saturated carbocycles. The third-order valence-corrected chi connectivity index (χ3v) is 4.57. The number of rotatable bonds is 6. The Balaban J connectivity index is 1.51. The molecule has 1 saturated heterocycles. The van der Waals surface area contributed by atoms with Gasteiger partial charge in [0.15, 0.2) is 0 Å². The Labute approximate surface area is 106 Å². The van der Waals surface area contributed by atoms with E-state index in [0.29, 0.717) is 0 Å². The maximum atomic E-state index is 3.86. The van der Waals surface area contributed by atoms with E-state index in [1.54, 1.807) is 0 Å². The summed E-state index contributed by atoms with van der Waals surface area (Å²) in [6.07, 6.45) is 10.1. The molecule has 98 valence electrons. The first-order valence-electron chi connectivity index (χ1n) is 7.82. The second kappa shape index (κ2) is 5.27. The summed E-state index contributed by atoms with van der Waals surface area (Å²) in [7, 11) is 0. The highest BCUT2D eigenvalue weighted by Crippen LogP contribution is 2.32. The van der Waals surface area contributed by atoms with E-state index < -0.39 is 0 Å². The lowest BCUT2D eigenvalue weighted by Crippen LogP contribution is -2.50. The summed E-state index contributed by atoms with van der Waals surface area (Å²) in [5.74, 6) is 2.01. The molecule has 1 aliphatic heterocycles. The fourth-order valence-electron chi connectivity index (χ4n) is 3.44. The highest BCUT2D eigenvalue weighted by atomic mass is 15.2. The monoisotopic (exact) mass is 236 g/mol. The Morgan fingerprint density at radius 1 is 1.00 bits per heavy atom. The van der Waals surface area contributed by atoms with Crippen molar-refractivity contribution >= 4 is 0 Å². The quantitative estimate of drug-likeness (QED) is 0.763. The van der Waals surface area contributed by atoms with Gasteiger partial charge in [0.05, 0.1) is 0 Å². The predicted molar refractivity (Wildman–Crippen MR) is 72.1 cm³/mol. The molecule has 1 heterocycles. The van der Waals surface area contributed by atoms with Crippen LogP contribution in [0.4, 0.5) is 0 Å². The van der Waals surface area contributed by atoms with Crippen LogP contribution in [0.25, 0.3) is 0 Å². The number of piperidine rings is 1. The summed E-state index contributed by atoms with van der Waals surface area (Å²) in [4.78, 5) is 2.77. The first-order valence-corrected chi connectivity index (χ1v) is 7.82. The van der Waals surface area contributed by atoms with Gasteiger partial charge in [0.2, 0.25) is 0 Å². The lowest BCUT2D eigenvalue weighted by molar-refractivity contribution is 0.130. The van der Waals surface area contributed by atoms with Gasteiger partial charge >= 0.3 is 0 Å². The van der Waals surface area contributed by atoms with Gasteiger partial charge in [0.1, 0.15) is 0 Å². The zero-order chi connectivity index (χ0) is 11.7. The zero-order valence-electron chi connectivity index (χ0n) is 11.3. The smallest absolute Gasteiger partial charge is 0.0200 e. The molecule has 17 heavy (non-hydrogen) atoms. The van der Waals surface area contributed by atoms with Crippen LogP contribution in [0.5, 0.6) is 0 Å². The summed E-state index contributed by atoms with van der Waals surface area (Å²) in [6, 6.07) is 1.68. The molecular formula is C15H28N2. The van der Waals surface area contributed by atoms with Crippen LogP contribution in [0.15, 0.2) is 0 Å². The normalized spacial score (nSPS) is 35.1. The third-order valence-electron chi connectivity index (χ3n) is 4.57. The molecule has 0 radical (unpaired) electrons. The lowest BCUT2D eigenvalue weighted by atomic mass is 9.90. The maximum Gasteiger partial charge on any atom is 0.0200 e. The molecule has 0 amide bonds. The molecule has 2 unspecified atom stereocenters. The minimum atomic E-state index is 0.798. The minimum Gasteiger partial charge on any atom is -0.310 e. The van der Waals surface area contributed by atoms with Gasteiger partial charge < -0.3 is 10.2 Å². The fraction of sp³-hybridized carbons (Fsp3) is 1.00. The van der Waals surface area contributed by atoms with Crippen LogP contribution in [0.3, 0.4) is 0 Å². The van der Waals surface area contributed by atoms with Crippen LogP contribution in [-0.4, -0.2) is 36.6 Å². The third kappa shape index (κ3) is 3.69. The van der Waals surface area contributed by atoms with E-state index in [4.69, 9.17) is 0 Å². The van der Waals surface area contributed by atoms with Crippen molar-refractivity contribution in [2.24, 2.45) is 11.8 Å². The number of hydrogen-bond acceptors (Lipinski definition) is 2. The number of nitrogens with one attached hydrogen (secondary N) is 1. The van der Waals surface area contributed by atoms with Gasteiger partial charge in [-0.2, -0.15) is 0 Å². The standard InChI is InChI=1S/C15H28N2/c1-2-3-13-8-15(16-14-6-7-14)11-17(10-13)9-12-4-5-12/h12-16H,2-11H2,1H3. The van der Waals surface area contributed by atoms with E-state index in [2.05, 4.69) is 17.1 Å². The summed E-state index contributed by atoms with van der Waals surface area (Å²) in [5, 5.41) is 3.86. The van der Waals surface area contributed by atoms with E-state index in [9.17, 15) is 0 Å². The second-order valence-electron chi connectivity index (χ2n) is 6.69. The summed E-state index contributed by atoms with van der Waals surface area (Å²) < 4.78 is 0. The molecule has 2 heteroatoms. The van der Waals surface area contributed by atoms with Crippen molar-refractivity contribution in [1.82, 2.24) is 10.2 Å². The first-order chi connectivity index (χ1) is 8.33. The van der Waals surface area contributed by atoms with Crippen molar-refractivity contribution in [2.75, 3.05) is 19.6 Å². The van der Waals surface area contributed by atoms with Crippen LogP contribution in [0.2, 0.25) is 0 Å². The van der Waals surface area contributed by atoms with E-state index in [1.807, 2.05) is 0 Å². The van der Waals surface area contributed by atoms with E-state index in [1.165, 1.54) is 64.6 Å². The highest BCUT2D eigenvalue weighted by molar-refractivity contribution is 4.91. The minimum absolute atomic E-state index is 0.798. The summed E-state index contributed by atoms with van der Waals surface area (Å²) in [5.41, 5.74) is 0. The Morgan fingerprint density at radius 3 is 2.47 bits per heavy atom. The molecule has 0 bridgehead atoms. The van der Waals surface area contributed by atoms with E-state index >= 15 is 0 Å². The molecular weight excluding hydrogens is 208 g/mol. The van der Waals surface area contributed by atoms with Crippen molar-refractivity contribution < 1.29 is 0 Å². The summed E-state index contributed by atoms with van der Waals surface area (Å²) in [6.45, 7) is 6.44. The predicted octanol–water partition coefficient (Wildman–Crippen LogP) is 2.64. The van der Waals surface area contributed by atoms with Gasteiger partial charge in [0.25, 0.3) is 0 Å². The lowest BCUT2D eigenvalue weighted by Gasteiger charge is -2.38. The Hall–Kier alpha value is -0.0800. The largest absolute Gasteiger partial charge is 0.310 e. The van der Waals surface area contributed by atoms with Crippen LogP contribution in [-0.2, 0) is 0 Å². The highest BCUT2D eigenvalue weighted by Gasteiger charge is 2.33. The molecule has 2 nitrogen and oxygen atoms in total. The van der Waals surface area contributed by atoms with Crippen LogP contribution in [0.1, 0.15) is 51.9 Å². The van der Waals surface area contributed by atoms with Gasteiger partial charge in [-0.1, -0.05) is 13.3 Å². The Kier molecular flexibility index (Phi) is 3.72. The fourth-order valence-corrected chi connectivity index (χ4v) is 3.44. The average molecular weight is 236 g/mol. The van der Waals surface area contributed by atoms with Crippen LogP contribution >= 0.6 is 0 Å². The van der Waals surface area contributed by atoms with Crippen LogP contribution in [0, 0.1) is 11.8 Å². The van der Waals surface area contributed by atoms with Gasteiger partial charge in [-0.25, -0.2) is 0 Å². The number of likely N-dealkylation sites (tertiary alicyclic amines) is 1. The van der Waals surface area contributed by atoms with Gasteiger partial charge in [-0.15, -0.1) is 0 Å². The maximum absolute atomic E-state index is 3.86. The van der Waals surface area contributed by atoms with Crippen molar-refractivity contribution in [1.29, 1.82) is 0 Å². The molecule has 1 N–H and O–H groups in total. The second-order valence-corrected chi connectivity index (χ2v) is 6.69. The Morgan fingerprint density at radius 2 is 1.82 bits per heavy atom. The molecule has 3 aliphatic rings. The van der Waals surface area contributed by atoms with Crippen LogP contribution < -0.4 is 5.32 Å². The first kappa shape index (κ1) is 12.0. The van der Waals surface area contributed by atoms with Gasteiger partial charge in [-0.05, 0) is 50.4 Å². The number of hydrogen-bond donors (Lipinski definition) is 1. The molecule has 0 aromatic rings. The molecule has 2 aliphatic carbocycles. The zero-order valence-corrected chi connectivity index (χ0v) is 11.3. The topological polar surface area (TPSA) is 15.3 Å². The van der Waals surface area contributed by atoms with Crippen molar-refractivity contribution in [3.8, 4) is 0 Å². The average Bonchev–Trinajstić information content (AvgIpc) is 3.14. The van der Waals surface area contributed by atoms with Gasteiger partial charge in [0, 0.05) is 31.7 Å². The van der Waals surface area contributed by atoms with Crippen molar-refractivity contribution in [2.45, 2.75) is 64.0 Å². The van der Waals surface area contributed by atoms with E-state index in [0.717, 1.165) is 23.9 Å². The van der Waals surface area contributed by atoms with Crippen molar-refractivity contribution in [3.05, 3.63) is 0 Å². The number of nitrogens with zero attached hydrogens (tertiary/aromatic N) is 1.